The molecule has 2 aromatic rings. The van der Waals surface area contributed by atoms with Crippen molar-refractivity contribution in [3.8, 4) is 6.07 Å². The SMILES string of the molecule is N#Cc1c(C2CCCCC2)nn2cccnc12. The van der Waals surface area contributed by atoms with Gasteiger partial charge in [-0.15, -0.1) is 0 Å². The molecule has 0 bridgehead atoms. The summed E-state index contributed by atoms with van der Waals surface area (Å²) < 4.78 is 1.72. The van der Waals surface area contributed by atoms with Gasteiger partial charge in [0.1, 0.15) is 11.6 Å². The maximum atomic E-state index is 9.29. The van der Waals surface area contributed by atoms with E-state index in [1.54, 1.807) is 10.7 Å². The van der Waals surface area contributed by atoms with Crippen molar-refractivity contribution in [1.29, 1.82) is 5.26 Å². The average Bonchev–Trinajstić information content (AvgIpc) is 2.78. The van der Waals surface area contributed by atoms with Crippen LogP contribution >= 0.6 is 0 Å². The normalized spacial score (nSPS) is 17.1. The molecule has 3 rings (SSSR count). The molecule has 4 heteroatoms. The van der Waals surface area contributed by atoms with Gasteiger partial charge < -0.3 is 0 Å². The van der Waals surface area contributed by atoms with Crippen LogP contribution < -0.4 is 0 Å². The molecule has 0 N–H and O–H groups in total. The van der Waals surface area contributed by atoms with E-state index in [-0.39, 0.29) is 0 Å². The standard InChI is InChI=1S/C13H14N4/c14-9-11-12(10-5-2-1-3-6-10)16-17-8-4-7-15-13(11)17/h4,7-8,10H,1-3,5-6H2. The largest absolute Gasteiger partial charge is 0.236 e. The molecule has 0 atom stereocenters. The molecular formula is C13H14N4. The van der Waals surface area contributed by atoms with Crippen molar-refractivity contribution in [2.24, 2.45) is 0 Å². The summed E-state index contributed by atoms with van der Waals surface area (Å²) in [4.78, 5) is 4.25. The summed E-state index contributed by atoms with van der Waals surface area (Å²) in [6, 6.07) is 4.11. The van der Waals surface area contributed by atoms with Crippen LogP contribution in [0.1, 0.15) is 49.3 Å². The van der Waals surface area contributed by atoms with Gasteiger partial charge in [0.05, 0.1) is 5.69 Å². The van der Waals surface area contributed by atoms with Gasteiger partial charge in [-0.05, 0) is 18.9 Å². The maximum absolute atomic E-state index is 9.29. The van der Waals surface area contributed by atoms with Crippen LogP contribution in [0.5, 0.6) is 0 Å². The molecule has 1 saturated carbocycles. The van der Waals surface area contributed by atoms with Gasteiger partial charge in [-0.1, -0.05) is 19.3 Å². The summed E-state index contributed by atoms with van der Waals surface area (Å²) in [6.07, 6.45) is 9.67. The minimum absolute atomic E-state index is 0.445. The Balaban J connectivity index is 2.12. The minimum Gasteiger partial charge on any atom is -0.236 e. The molecule has 1 fully saturated rings. The van der Waals surface area contributed by atoms with Crippen LogP contribution in [0.2, 0.25) is 0 Å². The first kappa shape index (κ1) is 10.3. The Morgan fingerprint density at radius 2 is 2.12 bits per heavy atom. The Bertz CT molecular complexity index is 573. The molecule has 0 amide bonds. The van der Waals surface area contributed by atoms with E-state index in [0.29, 0.717) is 17.1 Å². The minimum atomic E-state index is 0.445. The molecule has 0 spiro atoms. The van der Waals surface area contributed by atoms with E-state index in [1.807, 2.05) is 12.3 Å². The first-order valence-electron chi connectivity index (χ1n) is 6.13. The zero-order chi connectivity index (χ0) is 11.7. The molecule has 0 unspecified atom stereocenters. The van der Waals surface area contributed by atoms with Gasteiger partial charge in [-0.25, -0.2) is 9.50 Å². The molecule has 0 radical (unpaired) electrons. The van der Waals surface area contributed by atoms with Gasteiger partial charge in [0.15, 0.2) is 5.65 Å². The second-order valence-electron chi connectivity index (χ2n) is 4.59. The summed E-state index contributed by atoms with van der Waals surface area (Å²) in [5.41, 5.74) is 2.30. The van der Waals surface area contributed by atoms with Gasteiger partial charge >= 0.3 is 0 Å². The van der Waals surface area contributed by atoms with E-state index in [1.165, 1.54) is 19.3 Å². The number of nitriles is 1. The van der Waals surface area contributed by atoms with E-state index < -0.39 is 0 Å². The third-order valence-corrected chi connectivity index (χ3v) is 3.53. The van der Waals surface area contributed by atoms with Crippen LogP contribution in [0.25, 0.3) is 5.65 Å². The highest BCUT2D eigenvalue weighted by Crippen LogP contribution is 2.34. The van der Waals surface area contributed by atoms with Gasteiger partial charge in [0.2, 0.25) is 0 Å². The Hall–Kier alpha value is -1.89. The zero-order valence-electron chi connectivity index (χ0n) is 9.63. The van der Waals surface area contributed by atoms with Crippen molar-refractivity contribution >= 4 is 5.65 Å². The summed E-state index contributed by atoms with van der Waals surface area (Å²) >= 11 is 0. The van der Waals surface area contributed by atoms with Crippen molar-refractivity contribution in [2.45, 2.75) is 38.0 Å². The second-order valence-corrected chi connectivity index (χ2v) is 4.59. The van der Waals surface area contributed by atoms with Crippen LogP contribution in [0.15, 0.2) is 18.5 Å². The number of fused-ring (bicyclic) bond motifs is 1. The predicted molar refractivity (Wildman–Crippen MR) is 63.5 cm³/mol. The zero-order valence-corrected chi connectivity index (χ0v) is 9.63. The molecule has 17 heavy (non-hydrogen) atoms. The van der Waals surface area contributed by atoms with Gasteiger partial charge in [0, 0.05) is 18.3 Å². The molecule has 0 saturated heterocycles. The molecule has 0 aromatic carbocycles. The molecule has 1 aliphatic carbocycles. The van der Waals surface area contributed by atoms with E-state index in [0.717, 1.165) is 18.5 Å². The molecule has 2 heterocycles. The molecule has 0 aliphatic heterocycles. The maximum Gasteiger partial charge on any atom is 0.173 e. The molecule has 86 valence electrons. The fourth-order valence-electron chi connectivity index (χ4n) is 2.67. The Labute approximate surface area is 99.9 Å². The van der Waals surface area contributed by atoms with Crippen molar-refractivity contribution in [2.75, 3.05) is 0 Å². The quantitative estimate of drug-likeness (QED) is 0.751. The smallest absolute Gasteiger partial charge is 0.173 e. The molecular weight excluding hydrogens is 212 g/mol. The van der Waals surface area contributed by atoms with Crippen LogP contribution in [0.4, 0.5) is 0 Å². The van der Waals surface area contributed by atoms with Gasteiger partial charge in [-0.2, -0.15) is 10.4 Å². The predicted octanol–water partition coefficient (Wildman–Crippen LogP) is 2.65. The summed E-state index contributed by atoms with van der Waals surface area (Å²) in [6.45, 7) is 0. The lowest BCUT2D eigenvalue weighted by atomic mass is 9.86. The topological polar surface area (TPSA) is 54.0 Å². The van der Waals surface area contributed by atoms with E-state index in [4.69, 9.17) is 0 Å². The Morgan fingerprint density at radius 3 is 2.88 bits per heavy atom. The summed E-state index contributed by atoms with van der Waals surface area (Å²) in [5, 5.41) is 13.8. The highest BCUT2D eigenvalue weighted by atomic mass is 15.2. The molecule has 2 aromatic heterocycles. The fourth-order valence-corrected chi connectivity index (χ4v) is 2.67. The van der Waals surface area contributed by atoms with Crippen molar-refractivity contribution in [3.63, 3.8) is 0 Å². The molecule has 4 nitrogen and oxygen atoms in total. The van der Waals surface area contributed by atoms with E-state index in [9.17, 15) is 5.26 Å². The highest BCUT2D eigenvalue weighted by molar-refractivity contribution is 5.58. The van der Waals surface area contributed by atoms with Gasteiger partial charge in [-0.3, -0.25) is 0 Å². The fraction of sp³-hybridized carbons (Fsp3) is 0.462. The monoisotopic (exact) mass is 226 g/mol. The van der Waals surface area contributed by atoms with Crippen molar-refractivity contribution in [1.82, 2.24) is 14.6 Å². The van der Waals surface area contributed by atoms with E-state index >= 15 is 0 Å². The first-order valence-corrected chi connectivity index (χ1v) is 6.13. The van der Waals surface area contributed by atoms with Crippen molar-refractivity contribution in [3.05, 3.63) is 29.7 Å². The Morgan fingerprint density at radius 1 is 1.29 bits per heavy atom. The third kappa shape index (κ3) is 1.68. The first-order chi connectivity index (χ1) is 8.40. The Kier molecular flexibility index (Phi) is 2.52. The molecule has 1 aliphatic rings. The lowest BCUT2D eigenvalue weighted by Crippen LogP contribution is -2.06. The second kappa shape index (κ2) is 4.17. The number of hydrogen-bond donors (Lipinski definition) is 0. The van der Waals surface area contributed by atoms with Crippen LogP contribution in [-0.2, 0) is 0 Å². The summed E-state index contributed by atoms with van der Waals surface area (Å²) in [7, 11) is 0. The number of aromatic nitrogens is 3. The van der Waals surface area contributed by atoms with Crippen LogP contribution in [0, 0.1) is 11.3 Å². The van der Waals surface area contributed by atoms with Crippen LogP contribution in [-0.4, -0.2) is 14.6 Å². The van der Waals surface area contributed by atoms with Crippen molar-refractivity contribution < 1.29 is 0 Å². The lowest BCUT2D eigenvalue weighted by Gasteiger charge is -2.19. The average molecular weight is 226 g/mol. The lowest BCUT2D eigenvalue weighted by molar-refractivity contribution is 0.435. The third-order valence-electron chi connectivity index (χ3n) is 3.53. The number of hydrogen-bond acceptors (Lipinski definition) is 3. The van der Waals surface area contributed by atoms with Gasteiger partial charge in [0.25, 0.3) is 0 Å². The number of rotatable bonds is 1. The van der Waals surface area contributed by atoms with Crippen LogP contribution in [0.3, 0.4) is 0 Å². The van der Waals surface area contributed by atoms with E-state index in [2.05, 4.69) is 16.2 Å². The highest BCUT2D eigenvalue weighted by Gasteiger charge is 2.23. The number of nitrogens with zero attached hydrogens (tertiary/aromatic N) is 4. The summed E-state index contributed by atoms with van der Waals surface area (Å²) in [5.74, 6) is 0.445.